The molecule has 1 unspecified atom stereocenters. The van der Waals surface area contributed by atoms with Crippen LogP contribution in [-0.4, -0.2) is 14.9 Å². The Balaban J connectivity index is 2.24. The standard InChI is InChI=1S/C16H18ClN3O/c1-3-13-16(17)14(20(4-2)19-13)9-15(21)12-7-5-11(10-18)6-8-12/h5-8,15,21H,3-4,9H2,1-2H3. The molecule has 0 saturated heterocycles. The molecule has 0 aliphatic rings. The summed E-state index contributed by atoms with van der Waals surface area (Å²) >= 11 is 6.35. The summed E-state index contributed by atoms with van der Waals surface area (Å²) in [7, 11) is 0. The largest absolute Gasteiger partial charge is 0.388 e. The van der Waals surface area contributed by atoms with Gasteiger partial charge in [0.05, 0.1) is 34.1 Å². The first kappa shape index (κ1) is 15.6. The highest BCUT2D eigenvalue weighted by Crippen LogP contribution is 2.27. The molecule has 0 saturated carbocycles. The normalized spacial score (nSPS) is 12.1. The van der Waals surface area contributed by atoms with Crippen LogP contribution in [0.2, 0.25) is 5.02 Å². The molecule has 110 valence electrons. The fourth-order valence-corrected chi connectivity index (χ4v) is 2.64. The minimum atomic E-state index is -0.665. The van der Waals surface area contributed by atoms with E-state index >= 15 is 0 Å². The van der Waals surface area contributed by atoms with Crippen molar-refractivity contribution in [3.8, 4) is 6.07 Å². The molecule has 0 spiro atoms. The lowest BCUT2D eigenvalue weighted by Crippen LogP contribution is -2.09. The van der Waals surface area contributed by atoms with Gasteiger partial charge in [0.25, 0.3) is 0 Å². The van der Waals surface area contributed by atoms with Crippen LogP contribution in [0.5, 0.6) is 0 Å². The highest BCUT2D eigenvalue weighted by molar-refractivity contribution is 6.31. The van der Waals surface area contributed by atoms with Crippen molar-refractivity contribution < 1.29 is 5.11 Å². The first-order valence-electron chi connectivity index (χ1n) is 7.02. The third-order valence-electron chi connectivity index (χ3n) is 3.51. The molecular weight excluding hydrogens is 286 g/mol. The van der Waals surface area contributed by atoms with Gasteiger partial charge in [0, 0.05) is 13.0 Å². The molecule has 0 bridgehead atoms. The Kier molecular flexibility index (Phi) is 5.00. The SMILES string of the molecule is CCc1nn(CC)c(CC(O)c2ccc(C#N)cc2)c1Cl. The van der Waals surface area contributed by atoms with Gasteiger partial charge in [-0.3, -0.25) is 4.68 Å². The Morgan fingerprint density at radius 3 is 2.52 bits per heavy atom. The predicted octanol–water partition coefficient (Wildman–Crippen LogP) is 3.27. The van der Waals surface area contributed by atoms with Gasteiger partial charge >= 0.3 is 0 Å². The maximum Gasteiger partial charge on any atom is 0.0991 e. The first-order chi connectivity index (χ1) is 10.1. The molecule has 1 atom stereocenters. The van der Waals surface area contributed by atoms with Crippen LogP contribution in [0.1, 0.15) is 42.5 Å². The zero-order valence-corrected chi connectivity index (χ0v) is 12.9. The molecule has 2 aromatic rings. The molecule has 1 aromatic heterocycles. The number of nitrogens with zero attached hydrogens (tertiary/aromatic N) is 3. The molecule has 2 rings (SSSR count). The number of benzene rings is 1. The summed E-state index contributed by atoms with van der Waals surface area (Å²) in [4.78, 5) is 0. The fraction of sp³-hybridized carbons (Fsp3) is 0.375. The van der Waals surface area contributed by atoms with E-state index in [0.29, 0.717) is 17.0 Å². The van der Waals surface area contributed by atoms with Crippen molar-refractivity contribution in [2.45, 2.75) is 39.3 Å². The van der Waals surface area contributed by atoms with E-state index in [2.05, 4.69) is 11.2 Å². The van der Waals surface area contributed by atoms with Gasteiger partial charge in [0.2, 0.25) is 0 Å². The van der Waals surface area contributed by atoms with Gasteiger partial charge in [-0.25, -0.2) is 0 Å². The molecule has 0 fully saturated rings. The van der Waals surface area contributed by atoms with Crippen LogP contribution < -0.4 is 0 Å². The quantitative estimate of drug-likeness (QED) is 0.922. The van der Waals surface area contributed by atoms with Crippen LogP contribution in [0.25, 0.3) is 0 Å². The average Bonchev–Trinajstić information content (AvgIpc) is 2.83. The van der Waals surface area contributed by atoms with E-state index in [1.54, 1.807) is 24.3 Å². The summed E-state index contributed by atoms with van der Waals surface area (Å²) < 4.78 is 1.84. The summed E-state index contributed by atoms with van der Waals surface area (Å²) in [6.45, 7) is 4.73. The van der Waals surface area contributed by atoms with Crippen LogP contribution in [0.4, 0.5) is 0 Å². The van der Waals surface area contributed by atoms with Crippen LogP contribution in [0.15, 0.2) is 24.3 Å². The topological polar surface area (TPSA) is 61.8 Å². The van der Waals surface area contributed by atoms with Crippen molar-refractivity contribution in [1.29, 1.82) is 5.26 Å². The lowest BCUT2D eigenvalue weighted by atomic mass is 10.0. The summed E-state index contributed by atoms with van der Waals surface area (Å²) in [6.07, 6.45) is 0.513. The minimum absolute atomic E-state index is 0.408. The number of hydrogen-bond donors (Lipinski definition) is 1. The van der Waals surface area contributed by atoms with Crippen molar-refractivity contribution in [2.75, 3.05) is 0 Å². The van der Waals surface area contributed by atoms with Gasteiger partial charge in [-0.2, -0.15) is 10.4 Å². The number of rotatable bonds is 5. The monoisotopic (exact) mass is 303 g/mol. The molecular formula is C16H18ClN3O. The molecule has 1 aromatic carbocycles. The fourth-order valence-electron chi connectivity index (χ4n) is 2.29. The molecule has 1 heterocycles. The number of aliphatic hydroxyl groups excluding tert-OH is 1. The van der Waals surface area contributed by atoms with E-state index in [1.165, 1.54) is 0 Å². The van der Waals surface area contributed by atoms with Crippen molar-refractivity contribution >= 4 is 11.6 Å². The van der Waals surface area contributed by atoms with Crippen LogP contribution >= 0.6 is 11.6 Å². The zero-order chi connectivity index (χ0) is 15.4. The lowest BCUT2D eigenvalue weighted by Gasteiger charge is -2.12. The Labute approximate surface area is 129 Å². The molecule has 5 heteroatoms. The van der Waals surface area contributed by atoms with E-state index < -0.39 is 6.10 Å². The molecule has 0 aliphatic heterocycles. The smallest absolute Gasteiger partial charge is 0.0991 e. The third-order valence-corrected chi connectivity index (χ3v) is 3.94. The zero-order valence-electron chi connectivity index (χ0n) is 12.2. The van der Waals surface area contributed by atoms with Gasteiger partial charge < -0.3 is 5.11 Å². The second kappa shape index (κ2) is 6.75. The minimum Gasteiger partial charge on any atom is -0.388 e. The number of aromatic nitrogens is 2. The van der Waals surface area contributed by atoms with E-state index in [4.69, 9.17) is 16.9 Å². The van der Waals surface area contributed by atoms with E-state index in [0.717, 1.165) is 29.9 Å². The third kappa shape index (κ3) is 3.26. The van der Waals surface area contributed by atoms with Crippen molar-refractivity contribution in [3.05, 3.63) is 51.8 Å². The maximum absolute atomic E-state index is 10.4. The summed E-state index contributed by atoms with van der Waals surface area (Å²) in [5.41, 5.74) is 3.07. The lowest BCUT2D eigenvalue weighted by molar-refractivity contribution is 0.175. The maximum atomic E-state index is 10.4. The van der Waals surface area contributed by atoms with Crippen molar-refractivity contribution in [3.63, 3.8) is 0 Å². The summed E-state index contributed by atoms with van der Waals surface area (Å²) in [6, 6.07) is 9.01. The van der Waals surface area contributed by atoms with Crippen molar-refractivity contribution in [1.82, 2.24) is 9.78 Å². The van der Waals surface area contributed by atoms with Crippen molar-refractivity contribution in [2.24, 2.45) is 0 Å². The van der Waals surface area contributed by atoms with E-state index in [9.17, 15) is 5.11 Å². The van der Waals surface area contributed by atoms with Gasteiger partial charge in [0.1, 0.15) is 0 Å². The number of hydrogen-bond acceptors (Lipinski definition) is 3. The van der Waals surface area contributed by atoms with Gasteiger partial charge in [-0.05, 0) is 31.0 Å². The molecule has 1 N–H and O–H groups in total. The van der Waals surface area contributed by atoms with Crippen LogP contribution in [0, 0.1) is 11.3 Å². The van der Waals surface area contributed by atoms with Gasteiger partial charge in [0.15, 0.2) is 0 Å². The molecule has 21 heavy (non-hydrogen) atoms. The highest BCUT2D eigenvalue weighted by atomic mass is 35.5. The second-order valence-corrected chi connectivity index (χ2v) is 5.21. The number of aliphatic hydroxyl groups is 1. The predicted molar refractivity (Wildman–Crippen MR) is 82.1 cm³/mol. The van der Waals surface area contributed by atoms with E-state index in [1.807, 2.05) is 18.5 Å². The Bertz CT molecular complexity index is 655. The van der Waals surface area contributed by atoms with E-state index in [-0.39, 0.29) is 0 Å². The number of aryl methyl sites for hydroxylation is 2. The Hall–Kier alpha value is -1.83. The van der Waals surface area contributed by atoms with Crippen LogP contribution in [0.3, 0.4) is 0 Å². The number of nitriles is 1. The first-order valence-corrected chi connectivity index (χ1v) is 7.40. The second-order valence-electron chi connectivity index (χ2n) is 4.83. The van der Waals surface area contributed by atoms with Gasteiger partial charge in [-0.15, -0.1) is 0 Å². The molecule has 0 aliphatic carbocycles. The molecule has 4 nitrogen and oxygen atoms in total. The highest BCUT2D eigenvalue weighted by Gasteiger charge is 2.18. The Morgan fingerprint density at radius 2 is 2.00 bits per heavy atom. The number of halogens is 1. The summed E-state index contributed by atoms with van der Waals surface area (Å²) in [5.74, 6) is 0. The van der Waals surface area contributed by atoms with Gasteiger partial charge in [-0.1, -0.05) is 30.7 Å². The molecule has 0 amide bonds. The average molecular weight is 304 g/mol. The van der Waals surface area contributed by atoms with Crippen LogP contribution in [-0.2, 0) is 19.4 Å². The summed E-state index contributed by atoms with van der Waals surface area (Å²) in [5, 5.41) is 24.3. The molecule has 0 radical (unpaired) electrons. The Morgan fingerprint density at radius 1 is 1.33 bits per heavy atom.